The second-order valence-electron chi connectivity index (χ2n) is 9.71. The lowest BCUT2D eigenvalue weighted by Gasteiger charge is -2.32. The lowest BCUT2D eigenvalue weighted by molar-refractivity contribution is -0.195. The van der Waals surface area contributed by atoms with Gasteiger partial charge >= 0.3 is 0 Å². The van der Waals surface area contributed by atoms with Gasteiger partial charge in [-0.15, -0.1) is 0 Å². The first kappa shape index (κ1) is 26.9. The molecule has 2 aromatic rings. The molecule has 2 aliphatic heterocycles. The normalized spacial score (nSPS) is 24.9. The van der Waals surface area contributed by atoms with Crippen molar-refractivity contribution in [2.24, 2.45) is 0 Å². The largest absolute Gasteiger partial charge is 0.378 e. The molecule has 0 N–H and O–H groups in total. The summed E-state index contributed by atoms with van der Waals surface area (Å²) in [7, 11) is 0. The van der Waals surface area contributed by atoms with E-state index in [1.54, 1.807) is 29.8 Å². The molecule has 4 rings (SSSR count). The van der Waals surface area contributed by atoms with Gasteiger partial charge in [0.05, 0.1) is 13.2 Å². The van der Waals surface area contributed by atoms with Crippen LogP contribution >= 0.6 is 12.2 Å². The number of carbonyl (C=O) groups is 1. The van der Waals surface area contributed by atoms with Crippen LogP contribution in [0.15, 0.2) is 35.3 Å². The second kappa shape index (κ2) is 11.5. The Balaban J connectivity index is 1.69. The van der Waals surface area contributed by atoms with Gasteiger partial charge in [-0.3, -0.25) is 14.2 Å². The van der Waals surface area contributed by atoms with Crippen LogP contribution in [0, 0.1) is 18.6 Å². The zero-order valence-corrected chi connectivity index (χ0v) is 22.3. The molecule has 0 aliphatic carbocycles. The average molecular weight is 517 g/mol. The molecule has 8 nitrogen and oxygen atoms in total. The minimum absolute atomic E-state index is 0.0617. The number of fused-ring (bicyclic) bond motifs is 2. The number of aromatic nitrogens is 2. The Hall–Kier alpha value is -2.17. The maximum absolute atomic E-state index is 13.3. The third kappa shape index (κ3) is 5.13. The first-order valence-electron chi connectivity index (χ1n) is 12.8. The summed E-state index contributed by atoms with van der Waals surface area (Å²) in [5, 5.41) is 0. The molecule has 2 saturated heterocycles. The van der Waals surface area contributed by atoms with Gasteiger partial charge in [-0.25, -0.2) is 4.57 Å². The number of hydrogen-bond donors (Lipinski definition) is 0. The molecule has 3 heterocycles. The predicted molar refractivity (Wildman–Crippen MR) is 138 cm³/mol. The van der Waals surface area contributed by atoms with E-state index in [4.69, 9.17) is 31.2 Å². The molecular weight excluding hydrogens is 480 g/mol. The number of benzene rings is 1. The quantitative estimate of drug-likeness (QED) is 0.324. The van der Waals surface area contributed by atoms with Gasteiger partial charge in [0, 0.05) is 30.5 Å². The summed E-state index contributed by atoms with van der Waals surface area (Å²) in [5.41, 5.74) is 0.565. The molecule has 2 unspecified atom stereocenters. The fourth-order valence-electron chi connectivity index (χ4n) is 4.70. The van der Waals surface area contributed by atoms with Crippen molar-refractivity contribution in [2.75, 3.05) is 26.4 Å². The summed E-state index contributed by atoms with van der Waals surface area (Å²) in [6.45, 7) is 9.74. The van der Waals surface area contributed by atoms with Gasteiger partial charge in [-0.1, -0.05) is 44.4 Å². The third-order valence-electron chi connectivity index (χ3n) is 6.82. The molecule has 1 aromatic carbocycles. The molecule has 0 saturated carbocycles. The Kier molecular flexibility index (Phi) is 8.57. The van der Waals surface area contributed by atoms with Crippen molar-refractivity contribution in [3.8, 4) is 0 Å². The molecule has 36 heavy (non-hydrogen) atoms. The summed E-state index contributed by atoms with van der Waals surface area (Å²) in [6.07, 6.45) is 4.15. The van der Waals surface area contributed by atoms with Crippen LogP contribution in [0.2, 0.25) is 0 Å². The van der Waals surface area contributed by atoms with E-state index in [9.17, 15) is 9.59 Å². The van der Waals surface area contributed by atoms with Gasteiger partial charge < -0.3 is 18.9 Å². The molecule has 0 amide bonds. The van der Waals surface area contributed by atoms with Crippen molar-refractivity contribution in [2.45, 2.75) is 77.4 Å². The van der Waals surface area contributed by atoms with E-state index in [-0.39, 0.29) is 10.9 Å². The number of ether oxygens (including phenoxy) is 4. The van der Waals surface area contributed by atoms with E-state index < -0.39 is 29.4 Å². The summed E-state index contributed by atoms with van der Waals surface area (Å²) < 4.78 is 27.8. The number of rotatable bonds is 11. The highest BCUT2D eigenvalue weighted by atomic mass is 32.1. The molecule has 2 fully saturated rings. The number of hydrogen-bond acceptors (Lipinski definition) is 7. The van der Waals surface area contributed by atoms with Gasteiger partial charge in [-0.2, -0.15) is 0 Å². The van der Waals surface area contributed by atoms with Crippen molar-refractivity contribution >= 4 is 18.1 Å². The monoisotopic (exact) mass is 516 g/mol. The third-order valence-corrected chi connectivity index (χ3v) is 7.21. The Morgan fingerprint density at radius 2 is 1.83 bits per heavy atom. The van der Waals surface area contributed by atoms with Gasteiger partial charge in [0.2, 0.25) is 0 Å². The molecule has 0 spiro atoms. The van der Waals surface area contributed by atoms with E-state index in [1.807, 2.05) is 19.1 Å². The fraction of sp³-hybridized carbons (Fsp3) is 0.593. The van der Waals surface area contributed by atoms with Crippen LogP contribution in [-0.4, -0.2) is 59.3 Å². The van der Waals surface area contributed by atoms with Crippen molar-refractivity contribution in [3.63, 3.8) is 0 Å². The first-order valence-corrected chi connectivity index (χ1v) is 13.2. The topological polar surface area (TPSA) is 80.9 Å². The molecule has 2 aliphatic rings. The van der Waals surface area contributed by atoms with Crippen molar-refractivity contribution < 1.29 is 23.7 Å². The lowest BCUT2D eigenvalue weighted by Crippen LogP contribution is -2.46. The van der Waals surface area contributed by atoms with Crippen molar-refractivity contribution in [1.82, 2.24) is 9.13 Å². The van der Waals surface area contributed by atoms with Gasteiger partial charge in [-0.05, 0) is 51.0 Å². The van der Waals surface area contributed by atoms with Gasteiger partial charge in [0.15, 0.2) is 11.0 Å². The molecule has 0 radical (unpaired) electrons. The first-order chi connectivity index (χ1) is 17.3. The number of aryl methyl sites for hydroxylation is 2. The lowest BCUT2D eigenvalue weighted by atomic mass is 10.00. The Bertz CT molecular complexity index is 1190. The average Bonchev–Trinajstić information content (AvgIpc) is 3.36. The zero-order valence-electron chi connectivity index (χ0n) is 21.5. The SMILES string of the molecule is CCCCOC[C@@]12COC(C1OCCCC)[C@H](n1cc(C)c(=O)n(C(=O)c3ccc(C)cc3)c1=S)O2. The van der Waals surface area contributed by atoms with E-state index in [0.29, 0.717) is 37.6 Å². The van der Waals surface area contributed by atoms with Crippen LogP contribution in [0.25, 0.3) is 0 Å². The second-order valence-corrected chi connectivity index (χ2v) is 10.1. The minimum Gasteiger partial charge on any atom is -0.378 e. The number of nitrogens with zero attached hydrogens (tertiary/aromatic N) is 2. The van der Waals surface area contributed by atoms with Crippen molar-refractivity contribution in [1.29, 1.82) is 0 Å². The van der Waals surface area contributed by atoms with E-state index in [1.165, 1.54) is 0 Å². The van der Waals surface area contributed by atoms with Crippen LogP contribution < -0.4 is 5.56 Å². The molecule has 2 bridgehead atoms. The van der Waals surface area contributed by atoms with Gasteiger partial charge in [0.25, 0.3) is 11.5 Å². The highest BCUT2D eigenvalue weighted by Crippen LogP contribution is 2.47. The van der Waals surface area contributed by atoms with Crippen LogP contribution in [0.3, 0.4) is 0 Å². The summed E-state index contributed by atoms with van der Waals surface area (Å²) in [6, 6.07) is 7.06. The van der Waals surface area contributed by atoms with Crippen LogP contribution in [0.4, 0.5) is 0 Å². The highest BCUT2D eigenvalue weighted by molar-refractivity contribution is 7.71. The maximum atomic E-state index is 13.3. The van der Waals surface area contributed by atoms with E-state index in [2.05, 4.69) is 13.8 Å². The standard InChI is InChI=1S/C27H36N2O6S/c1-5-7-13-32-16-27-17-34-21(22(27)33-14-8-6-2)25(35-27)28-15-19(4)23(30)29(26(28)36)24(31)20-11-9-18(3)10-12-20/h9-12,15,21-22,25H,5-8,13-14,16-17H2,1-4H3/t21?,22?,25-,27-/m1/s1. The summed E-state index contributed by atoms with van der Waals surface area (Å²) in [5.74, 6) is -0.472. The van der Waals surface area contributed by atoms with Crippen LogP contribution in [-0.2, 0) is 18.9 Å². The molecular formula is C27H36N2O6S. The smallest absolute Gasteiger partial charge is 0.267 e. The molecule has 1 aromatic heterocycles. The van der Waals surface area contributed by atoms with E-state index >= 15 is 0 Å². The summed E-state index contributed by atoms with van der Waals surface area (Å²) in [4.78, 5) is 26.4. The Labute approximate surface area is 217 Å². The molecule has 196 valence electrons. The van der Waals surface area contributed by atoms with Gasteiger partial charge in [0.1, 0.15) is 17.8 Å². The molecule has 4 atom stereocenters. The minimum atomic E-state index is -0.776. The number of unbranched alkanes of at least 4 members (excludes halogenated alkanes) is 2. The Morgan fingerprint density at radius 1 is 1.14 bits per heavy atom. The Morgan fingerprint density at radius 3 is 2.53 bits per heavy atom. The van der Waals surface area contributed by atoms with Crippen molar-refractivity contribution in [3.05, 3.63) is 62.3 Å². The number of carbonyl (C=O) groups excluding carboxylic acids is 1. The fourth-order valence-corrected chi connectivity index (χ4v) is 5.02. The van der Waals surface area contributed by atoms with E-state index in [0.717, 1.165) is 35.8 Å². The highest BCUT2D eigenvalue weighted by Gasteiger charge is 2.63. The maximum Gasteiger partial charge on any atom is 0.267 e. The van der Waals surface area contributed by atoms with Crippen LogP contribution in [0.5, 0.6) is 0 Å². The summed E-state index contributed by atoms with van der Waals surface area (Å²) >= 11 is 5.69. The zero-order chi connectivity index (χ0) is 25.9. The van der Waals surface area contributed by atoms with Crippen LogP contribution in [0.1, 0.15) is 67.2 Å². The molecule has 9 heteroatoms. The predicted octanol–water partition coefficient (Wildman–Crippen LogP) is 4.35.